The van der Waals surface area contributed by atoms with Crippen molar-refractivity contribution in [2.75, 3.05) is 20.7 Å². The van der Waals surface area contributed by atoms with Gasteiger partial charge in [-0.15, -0.1) is 11.6 Å². The van der Waals surface area contributed by atoms with Crippen LogP contribution in [0.5, 0.6) is 5.75 Å². The quantitative estimate of drug-likeness (QED) is 0.774. The Morgan fingerprint density at radius 2 is 2.06 bits per heavy atom. The van der Waals surface area contributed by atoms with Gasteiger partial charge in [0.25, 0.3) is 0 Å². The summed E-state index contributed by atoms with van der Waals surface area (Å²) >= 11 is 5.71. The Kier molecular flexibility index (Phi) is 4.80. The summed E-state index contributed by atoms with van der Waals surface area (Å²) in [5, 5.41) is 0. The number of sulfonamides is 1. The van der Waals surface area contributed by atoms with Gasteiger partial charge in [0, 0.05) is 19.5 Å². The van der Waals surface area contributed by atoms with Crippen LogP contribution in [-0.2, 0) is 15.9 Å². The first kappa shape index (κ1) is 14.3. The molecule has 0 bridgehead atoms. The van der Waals surface area contributed by atoms with Crippen LogP contribution >= 0.6 is 11.6 Å². The van der Waals surface area contributed by atoms with Crippen LogP contribution in [0, 0.1) is 0 Å². The zero-order chi connectivity index (χ0) is 13.1. The van der Waals surface area contributed by atoms with Crippen LogP contribution in [0.25, 0.3) is 0 Å². The van der Waals surface area contributed by atoms with E-state index in [4.69, 9.17) is 16.3 Å². The zero-order valence-corrected chi connectivity index (χ0v) is 11.7. The fourth-order valence-electron chi connectivity index (χ4n) is 1.34. The number of hydrogen-bond donors (Lipinski definition) is 0. The maximum atomic E-state index is 12.2. The van der Waals surface area contributed by atoms with Crippen molar-refractivity contribution < 1.29 is 13.2 Å². The van der Waals surface area contributed by atoms with Gasteiger partial charge in [-0.25, -0.2) is 12.7 Å². The van der Waals surface area contributed by atoms with Crippen molar-refractivity contribution in [2.45, 2.75) is 17.7 Å². The van der Waals surface area contributed by atoms with Crippen molar-refractivity contribution in [3.05, 3.63) is 23.8 Å². The Labute approximate surface area is 107 Å². The number of nitrogens with zero attached hydrogens (tertiary/aromatic N) is 1. The molecule has 0 unspecified atom stereocenters. The van der Waals surface area contributed by atoms with Gasteiger partial charge in [0.15, 0.2) is 0 Å². The van der Waals surface area contributed by atoms with Crippen molar-refractivity contribution in [3.63, 3.8) is 0 Å². The predicted molar refractivity (Wildman–Crippen MR) is 68.0 cm³/mol. The third-order valence-electron chi connectivity index (χ3n) is 2.52. The minimum Gasteiger partial charge on any atom is -0.495 e. The van der Waals surface area contributed by atoms with E-state index in [-0.39, 0.29) is 10.8 Å². The first-order chi connectivity index (χ1) is 7.97. The van der Waals surface area contributed by atoms with E-state index in [0.29, 0.717) is 12.3 Å². The van der Waals surface area contributed by atoms with Gasteiger partial charge in [0.1, 0.15) is 10.6 Å². The van der Waals surface area contributed by atoms with Crippen LogP contribution in [0.4, 0.5) is 0 Å². The largest absolute Gasteiger partial charge is 0.495 e. The lowest BCUT2D eigenvalue weighted by Gasteiger charge is -2.17. The molecule has 0 heterocycles. The van der Waals surface area contributed by atoms with Crippen molar-refractivity contribution in [1.82, 2.24) is 4.31 Å². The molecule has 0 saturated heterocycles. The monoisotopic (exact) mass is 277 g/mol. The van der Waals surface area contributed by atoms with Gasteiger partial charge >= 0.3 is 0 Å². The van der Waals surface area contributed by atoms with Gasteiger partial charge in [-0.3, -0.25) is 0 Å². The third kappa shape index (κ3) is 2.91. The molecule has 0 atom stereocenters. The number of ether oxygens (including phenoxy) is 1. The molecule has 1 rings (SSSR count). The van der Waals surface area contributed by atoms with E-state index in [9.17, 15) is 8.42 Å². The molecular weight excluding hydrogens is 262 g/mol. The summed E-state index contributed by atoms with van der Waals surface area (Å²) in [5.74, 6) is 0.599. The minimum atomic E-state index is -3.51. The summed E-state index contributed by atoms with van der Waals surface area (Å²) in [5.41, 5.74) is 0.746. The van der Waals surface area contributed by atoms with E-state index < -0.39 is 10.0 Å². The molecule has 0 aliphatic carbocycles. The van der Waals surface area contributed by atoms with Gasteiger partial charge < -0.3 is 4.74 Å². The average Bonchev–Trinajstić information content (AvgIpc) is 2.36. The molecular formula is C11H16ClNO3S. The van der Waals surface area contributed by atoms with E-state index in [0.717, 1.165) is 5.56 Å². The second-order valence-corrected chi connectivity index (χ2v) is 5.82. The molecule has 0 amide bonds. The highest BCUT2D eigenvalue weighted by Crippen LogP contribution is 2.27. The van der Waals surface area contributed by atoms with Crippen LogP contribution in [0.3, 0.4) is 0 Å². The van der Waals surface area contributed by atoms with Crippen molar-refractivity contribution in [3.8, 4) is 5.75 Å². The van der Waals surface area contributed by atoms with Crippen molar-refractivity contribution >= 4 is 21.6 Å². The molecule has 0 radical (unpaired) electrons. The number of halogens is 1. The average molecular weight is 278 g/mol. The predicted octanol–water partition coefficient (Wildman–Crippen LogP) is 2.07. The zero-order valence-electron chi connectivity index (χ0n) is 10.1. The normalized spacial score (nSPS) is 11.8. The Bertz CT molecular complexity index is 487. The van der Waals surface area contributed by atoms with Gasteiger partial charge in [0.2, 0.25) is 10.0 Å². The molecule has 0 aliphatic heterocycles. The summed E-state index contributed by atoms with van der Waals surface area (Å²) in [6.07, 6.45) is 0. The topological polar surface area (TPSA) is 46.6 Å². The van der Waals surface area contributed by atoms with E-state index >= 15 is 0 Å². The number of hydrogen-bond acceptors (Lipinski definition) is 3. The fraction of sp³-hybridized carbons (Fsp3) is 0.455. The fourth-order valence-corrected chi connectivity index (χ4v) is 2.89. The van der Waals surface area contributed by atoms with Crippen molar-refractivity contribution in [2.24, 2.45) is 0 Å². The highest BCUT2D eigenvalue weighted by Gasteiger charge is 2.23. The van der Waals surface area contributed by atoms with Gasteiger partial charge in [-0.1, -0.05) is 13.0 Å². The number of benzene rings is 1. The van der Waals surface area contributed by atoms with E-state index in [2.05, 4.69) is 0 Å². The summed E-state index contributed by atoms with van der Waals surface area (Å²) in [6, 6.07) is 4.91. The molecule has 0 fully saturated rings. The first-order valence-corrected chi connectivity index (χ1v) is 7.14. The van der Waals surface area contributed by atoms with Crippen LogP contribution in [0.1, 0.15) is 12.5 Å². The molecule has 6 heteroatoms. The Balaban J connectivity index is 3.37. The van der Waals surface area contributed by atoms with E-state index in [1.54, 1.807) is 25.1 Å². The highest BCUT2D eigenvalue weighted by molar-refractivity contribution is 7.89. The summed E-state index contributed by atoms with van der Waals surface area (Å²) < 4.78 is 30.8. The molecule has 1 aromatic rings. The minimum absolute atomic E-state index is 0.155. The van der Waals surface area contributed by atoms with Gasteiger partial charge in [-0.05, 0) is 17.7 Å². The number of methoxy groups -OCH3 is 1. The van der Waals surface area contributed by atoms with Crippen LogP contribution in [-0.4, -0.2) is 33.4 Å². The third-order valence-corrected chi connectivity index (χ3v) is 4.78. The first-order valence-electron chi connectivity index (χ1n) is 5.16. The molecule has 0 aromatic heterocycles. The molecule has 4 nitrogen and oxygen atoms in total. The standard InChI is InChI=1S/C11H16ClNO3S/c1-4-13(2)17(14,15)11-7-9(8-12)5-6-10(11)16-3/h5-7H,4,8H2,1-3H3. The maximum Gasteiger partial charge on any atom is 0.246 e. The van der Waals surface area contributed by atoms with E-state index in [1.807, 2.05) is 0 Å². The summed E-state index contributed by atoms with van der Waals surface area (Å²) in [4.78, 5) is 0.155. The SMILES string of the molecule is CCN(C)S(=O)(=O)c1cc(CCl)ccc1OC. The van der Waals surface area contributed by atoms with Crippen LogP contribution in [0.2, 0.25) is 0 Å². The Morgan fingerprint density at radius 3 is 2.53 bits per heavy atom. The molecule has 0 saturated carbocycles. The Hall–Kier alpha value is -0.780. The lowest BCUT2D eigenvalue weighted by molar-refractivity contribution is 0.398. The van der Waals surface area contributed by atoms with Gasteiger partial charge in [-0.2, -0.15) is 0 Å². The number of alkyl halides is 1. The molecule has 0 aliphatic rings. The van der Waals surface area contributed by atoms with Gasteiger partial charge in [0.05, 0.1) is 7.11 Å². The van der Waals surface area contributed by atoms with Crippen LogP contribution in [0.15, 0.2) is 23.1 Å². The molecule has 0 spiro atoms. The second kappa shape index (κ2) is 5.71. The maximum absolute atomic E-state index is 12.2. The van der Waals surface area contributed by atoms with Crippen LogP contribution < -0.4 is 4.74 Å². The lowest BCUT2D eigenvalue weighted by atomic mass is 10.2. The number of rotatable bonds is 5. The molecule has 1 aromatic carbocycles. The molecule has 96 valence electrons. The molecule has 17 heavy (non-hydrogen) atoms. The lowest BCUT2D eigenvalue weighted by Crippen LogP contribution is -2.27. The Morgan fingerprint density at radius 1 is 1.41 bits per heavy atom. The smallest absolute Gasteiger partial charge is 0.246 e. The second-order valence-electron chi connectivity index (χ2n) is 3.54. The summed E-state index contributed by atoms with van der Waals surface area (Å²) in [6.45, 7) is 2.17. The van der Waals surface area contributed by atoms with Crippen molar-refractivity contribution in [1.29, 1.82) is 0 Å². The molecule has 0 N–H and O–H groups in total. The van der Waals surface area contributed by atoms with E-state index in [1.165, 1.54) is 18.5 Å². The highest BCUT2D eigenvalue weighted by atomic mass is 35.5. The summed E-state index contributed by atoms with van der Waals surface area (Å²) in [7, 11) is -0.540.